The van der Waals surface area contributed by atoms with Crippen LogP contribution in [0.4, 0.5) is 9.18 Å². The maximum atomic E-state index is 13.4. The molecule has 26 heavy (non-hydrogen) atoms. The number of rotatable bonds is 7. The van der Waals surface area contributed by atoms with Gasteiger partial charge in [0.25, 0.3) is 0 Å². The summed E-state index contributed by atoms with van der Waals surface area (Å²) >= 11 is 0. The van der Waals surface area contributed by atoms with Crippen molar-refractivity contribution in [2.75, 3.05) is 19.8 Å². The number of carbonyl (C=O) groups is 3. The van der Waals surface area contributed by atoms with Crippen LogP contribution in [0.5, 0.6) is 5.75 Å². The zero-order chi connectivity index (χ0) is 19.1. The standard InChI is InChI=1S/C17H19FN2O6/c1-3-24-16(22)15-10(2)19-17(23)20-12(15)8-26-14(21)9-25-13-7-5-4-6-11(13)18/h4-7,10H,3,8-9H2,1-2H3,(H2,19,20,23)/t10-/m0/s1. The summed E-state index contributed by atoms with van der Waals surface area (Å²) < 4.78 is 28.4. The molecule has 0 radical (unpaired) electrons. The molecule has 0 saturated heterocycles. The predicted molar refractivity (Wildman–Crippen MR) is 87.6 cm³/mol. The predicted octanol–water partition coefficient (Wildman–Crippen LogP) is 1.27. The first-order chi connectivity index (χ1) is 12.4. The Morgan fingerprint density at radius 3 is 2.65 bits per heavy atom. The quantitative estimate of drug-likeness (QED) is 0.705. The second-order valence-corrected chi connectivity index (χ2v) is 5.31. The molecular formula is C17H19FN2O6. The smallest absolute Gasteiger partial charge is 0.344 e. The summed E-state index contributed by atoms with van der Waals surface area (Å²) in [6.45, 7) is 2.54. The van der Waals surface area contributed by atoms with Crippen molar-refractivity contribution in [1.82, 2.24) is 10.6 Å². The molecule has 0 aliphatic carbocycles. The van der Waals surface area contributed by atoms with E-state index < -0.39 is 36.4 Å². The highest BCUT2D eigenvalue weighted by Gasteiger charge is 2.30. The number of esters is 2. The van der Waals surface area contributed by atoms with Crippen molar-refractivity contribution in [3.05, 3.63) is 41.4 Å². The Balaban J connectivity index is 1.99. The first-order valence-corrected chi connectivity index (χ1v) is 7.93. The molecule has 0 saturated carbocycles. The molecule has 1 aliphatic heterocycles. The number of para-hydroxylation sites is 1. The van der Waals surface area contributed by atoms with Crippen LogP contribution >= 0.6 is 0 Å². The fourth-order valence-electron chi connectivity index (χ4n) is 2.29. The Morgan fingerprint density at radius 1 is 1.23 bits per heavy atom. The van der Waals surface area contributed by atoms with E-state index in [0.29, 0.717) is 0 Å². The second kappa shape index (κ2) is 8.84. The summed E-state index contributed by atoms with van der Waals surface area (Å²) in [6, 6.07) is 4.49. The fourth-order valence-corrected chi connectivity index (χ4v) is 2.29. The molecule has 0 fully saturated rings. The highest BCUT2D eigenvalue weighted by atomic mass is 19.1. The fraction of sp³-hybridized carbons (Fsp3) is 0.353. The van der Waals surface area contributed by atoms with Crippen LogP contribution in [-0.2, 0) is 19.1 Å². The van der Waals surface area contributed by atoms with E-state index in [-0.39, 0.29) is 30.2 Å². The van der Waals surface area contributed by atoms with Gasteiger partial charge in [-0.2, -0.15) is 0 Å². The van der Waals surface area contributed by atoms with Gasteiger partial charge < -0.3 is 24.8 Å². The van der Waals surface area contributed by atoms with E-state index in [9.17, 15) is 18.8 Å². The van der Waals surface area contributed by atoms with Crippen LogP contribution in [0.1, 0.15) is 13.8 Å². The molecule has 0 aromatic heterocycles. The summed E-state index contributed by atoms with van der Waals surface area (Å²) in [5.41, 5.74) is 0.285. The molecule has 1 aliphatic rings. The van der Waals surface area contributed by atoms with Gasteiger partial charge in [0.15, 0.2) is 18.2 Å². The zero-order valence-corrected chi connectivity index (χ0v) is 14.3. The van der Waals surface area contributed by atoms with Crippen molar-refractivity contribution < 1.29 is 33.0 Å². The number of hydrogen-bond donors (Lipinski definition) is 2. The Morgan fingerprint density at radius 2 is 1.96 bits per heavy atom. The normalized spacial score (nSPS) is 16.4. The Kier molecular flexibility index (Phi) is 6.54. The molecule has 140 valence electrons. The number of urea groups is 1. The first-order valence-electron chi connectivity index (χ1n) is 7.93. The van der Waals surface area contributed by atoms with Crippen molar-refractivity contribution in [1.29, 1.82) is 0 Å². The van der Waals surface area contributed by atoms with Gasteiger partial charge in [-0.05, 0) is 26.0 Å². The lowest BCUT2D eigenvalue weighted by atomic mass is 10.0. The Labute approximate surface area is 149 Å². The molecule has 2 amide bonds. The van der Waals surface area contributed by atoms with Crippen LogP contribution in [0, 0.1) is 5.82 Å². The van der Waals surface area contributed by atoms with Crippen LogP contribution in [0.25, 0.3) is 0 Å². The topological polar surface area (TPSA) is 103 Å². The van der Waals surface area contributed by atoms with Crippen molar-refractivity contribution in [2.24, 2.45) is 0 Å². The minimum atomic E-state index is -0.788. The largest absolute Gasteiger partial charge is 0.479 e. The summed E-state index contributed by atoms with van der Waals surface area (Å²) in [7, 11) is 0. The van der Waals surface area contributed by atoms with E-state index in [2.05, 4.69) is 10.6 Å². The van der Waals surface area contributed by atoms with Gasteiger partial charge in [-0.1, -0.05) is 12.1 Å². The van der Waals surface area contributed by atoms with Gasteiger partial charge >= 0.3 is 18.0 Å². The van der Waals surface area contributed by atoms with E-state index in [1.54, 1.807) is 19.9 Å². The third-order valence-electron chi connectivity index (χ3n) is 3.43. The van der Waals surface area contributed by atoms with Gasteiger partial charge in [0, 0.05) is 0 Å². The molecule has 0 spiro atoms. The molecule has 9 heteroatoms. The molecule has 8 nitrogen and oxygen atoms in total. The lowest BCUT2D eigenvalue weighted by Crippen LogP contribution is -2.50. The minimum Gasteiger partial charge on any atom is -0.479 e. The van der Waals surface area contributed by atoms with E-state index in [1.807, 2.05) is 0 Å². The minimum absolute atomic E-state index is 0.0836. The number of carbonyl (C=O) groups excluding carboxylic acids is 3. The Hall–Kier alpha value is -3.10. The monoisotopic (exact) mass is 366 g/mol. The van der Waals surface area contributed by atoms with Crippen molar-refractivity contribution in [3.8, 4) is 5.75 Å². The lowest BCUT2D eigenvalue weighted by Gasteiger charge is -2.26. The second-order valence-electron chi connectivity index (χ2n) is 5.31. The highest BCUT2D eigenvalue weighted by molar-refractivity contribution is 5.94. The van der Waals surface area contributed by atoms with E-state index >= 15 is 0 Å². The molecule has 2 rings (SSSR count). The summed E-state index contributed by atoms with van der Waals surface area (Å²) in [5.74, 6) is -2.10. The van der Waals surface area contributed by atoms with Crippen LogP contribution in [0.15, 0.2) is 35.5 Å². The number of halogens is 1. The van der Waals surface area contributed by atoms with Gasteiger partial charge in [0.2, 0.25) is 0 Å². The zero-order valence-electron chi connectivity index (χ0n) is 14.3. The molecule has 1 atom stereocenters. The maximum Gasteiger partial charge on any atom is 0.344 e. The van der Waals surface area contributed by atoms with Gasteiger partial charge in [-0.3, -0.25) is 0 Å². The molecule has 1 aromatic carbocycles. The van der Waals surface area contributed by atoms with Gasteiger partial charge in [0.1, 0.15) is 6.61 Å². The van der Waals surface area contributed by atoms with Crippen molar-refractivity contribution in [3.63, 3.8) is 0 Å². The molecule has 1 heterocycles. The van der Waals surface area contributed by atoms with Gasteiger partial charge in [-0.25, -0.2) is 18.8 Å². The molecule has 0 bridgehead atoms. The van der Waals surface area contributed by atoms with E-state index in [0.717, 1.165) is 0 Å². The number of nitrogens with one attached hydrogen (secondary N) is 2. The molecule has 2 N–H and O–H groups in total. The molecular weight excluding hydrogens is 347 g/mol. The third kappa shape index (κ3) is 4.95. The lowest BCUT2D eigenvalue weighted by molar-refractivity contribution is -0.145. The number of benzene rings is 1. The van der Waals surface area contributed by atoms with Gasteiger partial charge in [-0.15, -0.1) is 0 Å². The van der Waals surface area contributed by atoms with Crippen LogP contribution in [0.2, 0.25) is 0 Å². The maximum absolute atomic E-state index is 13.4. The van der Waals surface area contributed by atoms with E-state index in [1.165, 1.54) is 18.2 Å². The first kappa shape index (κ1) is 19.2. The van der Waals surface area contributed by atoms with Crippen LogP contribution in [0.3, 0.4) is 0 Å². The summed E-state index contributed by atoms with van der Waals surface area (Å²) in [6.07, 6.45) is 0. The molecule has 1 aromatic rings. The van der Waals surface area contributed by atoms with Crippen molar-refractivity contribution >= 4 is 18.0 Å². The SMILES string of the molecule is CCOC(=O)C1=C(COC(=O)COc2ccccc2F)NC(=O)N[C@H]1C. The van der Waals surface area contributed by atoms with Crippen LogP contribution < -0.4 is 15.4 Å². The summed E-state index contributed by atoms with van der Waals surface area (Å²) in [5, 5.41) is 4.95. The van der Waals surface area contributed by atoms with Crippen molar-refractivity contribution in [2.45, 2.75) is 19.9 Å². The number of amides is 2. The highest BCUT2D eigenvalue weighted by Crippen LogP contribution is 2.16. The van der Waals surface area contributed by atoms with E-state index in [4.69, 9.17) is 14.2 Å². The number of hydrogen-bond acceptors (Lipinski definition) is 6. The molecule has 0 unspecified atom stereocenters. The average molecular weight is 366 g/mol. The third-order valence-corrected chi connectivity index (χ3v) is 3.43. The van der Waals surface area contributed by atoms with Crippen LogP contribution in [-0.4, -0.2) is 43.8 Å². The average Bonchev–Trinajstić information content (AvgIpc) is 2.58. The number of ether oxygens (including phenoxy) is 3. The van der Waals surface area contributed by atoms with Gasteiger partial charge in [0.05, 0.1) is 23.9 Å². The summed E-state index contributed by atoms with van der Waals surface area (Å²) in [4.78, 5) is 35.4. The Bertz CT molecular complexity index is 734.